The van der Waals surface area contributed by atoms with Crippen molar-refractivity contribution in [3.8, 4) is 11.5 Å². The number of methoxy groups -OCH3 is 1. The van der Waals surface area contributed by atoms with Crippen molar-refractivity contribution in [1.82, 2.24) is 9.80 Å². The van der Waals surface area contributed by atoms with Crippen LogP contribution in [-0.2, 0) is 20.7 Å². The number of morpholine rings is 1. The largest absolute Gasteiger partial charge is 0.493 e. The van der Waals surface area contributed by atoms with Crippen molar-refractivity contribution in [2.24, 2.45) is 5.92 Å². The van der Waals surface area contributed by atoms with Gasteiger partial charge in [0, 0.05) is 39.1 Å². The topological polar surface area (TPSA) is 88.5 Å². The molecule has 2 aliphatic rings. The highest BCUT2D eigenvalue weighted by molar-refractivity contribution is 5.86. The van der Waals surface area contributed by atoms with Gasteiger partial charge in [0.2, 0.25) is 5.91 Å². The lowest BCUT2D eigenvalue weighted by Crippen LogP contribution is -2.38. The second-order valence-corrected chi connectivity index (χ2v) is 7.12. The molecule has 1 aromatic rings. The molecule has 0 saturated carbocycles. The number of carboxylic acids is 1. The molecule has 0 spiro atoms. The summed E-state index contributed by atoms with van der Waals surface area (Å²) in [5, 5.41) is 9.07. The molecule has 28 heavy (non-hydrogen) atoms. The Balaban J connectivity index is 1.49. The molecule has 2 saturated heterocycles. The van der Waals surface area contributed by atoms with Crippen LogP contribution in [0.5, 0.6) is 11.5 Å². The summed E-state index contributed by atoms with van der Waals surface area (Å²) in [5.74, 6) is -0.235. The Morgan fingerprint density at radius 1 is 1.25 bits per heavy atom. The van der Waals surface area contributed by atoms with Gasteiger partial charge in [0.1, 0.15) is 6.61 Å². The van der Waals surface area contributed by atoms with E-state index in [1.165, 1.54) is 0 Å². The van der Waals surface area contributed by atoms with Gasteiger partial charge in [-0.1, -0.05) is 6.07 Å². The Morgan fingerprint density at radius 2 is 2.04 bits per heavy atom. The molecular formula is C20H28N2O6. The van der Waals surface area contributed by atoms with Gasteiger partial charge in [0.25, 0.3) is 0 Å². The van der Waals surface area contributed by atoms with E-state index in [0.717, 1.165) is 38.4 Å². The lowest BCUT2D eigenvalue weighted by atomic mass is 10.1. The molecule has 0 bridgehead atoms. The summed E-state index contributed by atoms with van der Waals surface area (Å²) >= 11 is 0. The van der Waals surface area contributed by atoms with Crippen LogP contribution in [0.2, 0.25) is 0 Å². The summed E-state index contributed by atoms with van der Waals surface area (Å²) in [5.41, 5.74) is 1.02. The van der Waals surface area contributed by atoms with Crippen LogP contribution in [0.25, 0.3) is 0 Å². The maximum absolute atomic E-state index is 11.9. The Labute approximate surface area is 165 Å². The molecular weight excluding hydrogens is 364 g/mol. The molecule has 8 heteroatoms. The predicted octanol–water partition coefficient (Wildman–Crippen LogP) is 0.882. The molecule has 1 amide bonds. The first kappa shape index (κ1) is 20.4. The molecule has 0 aliphatic carbocycles. The minimum atomic E-state index is -0.906. The molecule has 154 valence electrons. The number of likely N-dealkylation sites (tertiary alicyclic amines) is 1. The van der Waals surface area contributed by atoms with Gasteiger partial charge in [-0.2, -0.15) is 0 Å². The summed E-state index contributed by atoms with van der Waals surface area (Å²) in [7, 11) is 1.61. The lowest BCUT2D eigenvalue weighted by Gasteiger charge is -2.26. The number of hydrogen-bond donors (Lipinski definition) is 1. The van der Waals surface area contributed by atoms with Crippen LogP contribution in [-0.4, -0.2) is 86.4 Å². The third-order valence-corrected chi connectivity index (χ3v) is 5.23. The monoisotopic (exact) mass is 392 g/mol. The fourth-order valence-corrected chi connectivity index (χ4v) is 3.51. The lowest BCUT2D eigenvalue weighted by molar-refractivity contribution is -0.141. The van der Waals surface area contributed by atoms with E-state index >= 15 is 0 Å². The van der Waals surface area contributed by atoms with E-state index in [2.05, 4.69) is 4.90 Å². The van der Waals surface area contributed by atoms with Crippen LogP contribution in [0.15, 0.2) is 18.2 Å². The molecule has 0 aromatic heterocycles. The molecule has 3 rings (SSSR count). The van der Waals surface area contributed by atoms with E-state index in [4.69, 9.17) is 19.3 Å². The van der Waals surface area contributed by atoms with E-state index in [0.29, 0.717) is 31.1 Å². The zero-order valence-corrected chi connectivity index (χ0v) is 16.3. The van der Waals surface area contributed by atoms with Gasteiger partial charge in [-0.3, -0.25) is 14.5 Å². The fraction of sp³-hybridized carbons (Fsp3) is 0.600. The van der Waals surface area contributed by atoms with Gasteiger partial charge in [0.05, 0.1) is 26.2 Å². The SMILES string of the molecule is COc1cc(CCN2CC(C(=O)O)CC2=O)ccc1OCCN1CCOCC1. The van der Waals surface area contributed by atoms with Gasteiger partial charge in [-0.15, -0.1) is 0 Å². The molecule has 1 aromatic carbocycles. The molecule has 0 radical (unpaired) electrons. The number of aliphatic carboxylic acids is 1. The quantitative estimate of drug-likeness (QED) is 0.667. The summed E-state index contributed by atoms with van der Waals surface area (Å²) in [6.07, 6.45) is 0.733. The number of ether oxygens (including phenoxy) is 3. The van der Waals surface area contributed by atoms with Gasteiger partial charge >= 0.3 is 5.97 Å². The van der Waals surface area contributed by atoms with E-state index < -0.39 is 11.9 Å². The van der Waals surface area contributed by atoms with E-state index in [1.54, 1.807) is 12.0 Å². The first-order valence-electron chi connectivity index (χ1n) is 9.67. The fourth-order valence-electron chi connectivity index (χ4n) is 3.51. The zero-order chi connectivity index (χ0) is 19.9. The summed E-state index contributed by atoms with van der Waals surface area (Å²) in [4.78, 5) is 26.9. The van der Waals surface area contributed by atoms with Crippen LogP contribution in [0.1, 0.15) is 12.0 Å². The molecule has 1 unspecified atom stereocenters. The number of carboxylic acid groups (broad SMARTS) is 1. The zero-order valence-electron chi connectivity index (χ0n) is 16.3. The molecule has 2 heterocycles. The molecule has 2 aliphatic heterocycles. The molecule has 8 nitrogen and oxygen atoms in total. The van der Waals surface area contributed by atoms with Crippen molar-refractivity contribution >= 4 is 11.9 Å². The second kappa shape index (κ2) is 9.75. The Kier molecular flexibility index (Phi) is 7.11. The molecule has 2 fully saturated rings. The summed E-state index contributed by atoms with van der Waals surface area (Å²) in [6, 6.07) is 5.76. The van der Waals surface area contributed by atoms with Gasteiger partial charge in [0.15, 0.2) is 11.5 Å². The molecule has 1 N–H and O–H groups in total. The maximum Gasteiger partial charge on any atom is 0.308 e. The number of carbonyl (C=O) groups excluding carboxylic acids is 1. The first-order valence-corrected chi connectivity index (χ1v) is 9.67. The summed E-state index contributed by atoms with van der Waals surface area (Å²) in [6.45, 7) is 5.60. The number of benzene rings is 1. The van der Waals surface area contributed by atoms with Crippen molar-refractivity contribution in [2.45, 2.75) is 12.8 Å². The average molecular weight is 392 g/mol. The molecule has 1 atom stereocenters. The highest BCUT2D eigenvalue weighted by atomic mass is 16.5. The number of rotatable bonds is 9. The Bertz CT molecular complexity index is 689. The van der Waals surface area contributed by atoms with Crippen molar-refractivity contribution in [1.29, 1.82) is 0 Å². The minimum absolute atomic E-state index is 0.0918. The number of amides is 1. The van der Waals surface area contributed by atoms with Crippen molar-refractivity contribution in [3.63, 3.8) is 0 Å². The number of hydrogen-bond acceptors (Lipinski definition) is 6. The van der Waals surface area contributed by atoms with Crippen molar-refractivity contribution < 1.29 is 28.9 Å². The van der Waals surface area contributed by atoms with Crippen LogP contribution < -0.4 is 9.47 Å². The van der Waals surface area contributed by atoms with Gasteiger partial charge in [-0.25, -0.2) is 0 Å². The van der Waals surface area contributed by atoms with Crippen LogP contribution in [0.3, 0.4) is 0 Å². The van der Waals surface area contributed by atoms with Crippen LogP contribution in [0, 0.1) is 5.92 Å². The third kappa shape index (κ3) is 5.36. The van der Waals surface area contributed by atoms with Crippen molar-refractivity contribution in [3.05, 3.63) is 23.8 Å². The maximum atomic E-state index is 11.9. The Hall–Kier alpha value is -2.32. The number of carbonyl (C=O) groups is 2. The number of nitrogens with zero attached hydrogens (tertiary/aromatic N) is 2. The van der Waals surface area contributed by atoms with E-state index in [1.807, 2.05) is 18.2 Å². The smallest absolute Gasteiger partial charge is 0.308 e. The predicted molar refractivity (Wildman–Crippen MR) is 102 cm³/mol. The Morgan fingerprint density at radius 3 is 2.71 bits per heavy atom. The van der Waals surface area contributed by atoms with E-state index in [9.17, 15) is 9.59 Å². The second-order valence-electron chi connectivity index (χ2n) is 7.12. The van der Waals surface area contributed by atoms with Gasteiger partial charge < -0.3 is 24.2 Å². The van der Waals surface area contributed by atoms with Crippen molar-refractivity contribution in [2.75, 3.05) is 59.7 Å². The summed E-state index contributed by atoms with van der Waals surface area (Å²) < 4.78 is 16.7. The van der Waals surface area contributed by atoms with E-state index in [-0.39, 0.29) is 18.9 Å². The highest BCUT2D eigenvalue weighted by Gasteiger charge is 2.33. The van der Waals surface area contributed by atoms with Crippen LogP contribution >= 0.6 is 0 Å². The van der Waals surface area contributed by atoms with Gasteiger partial charge in [-0.05, 0) is 24.1 Å². The minimum Gasteiger partial charge on any atom is -0.493 e. The standard InChI is InChI=1S/C20H28N2O6/c1-26-18-12-15(4-5-22-14-16(20(24)25)13-19(22)23)2-3-17(18)28-11-8-21-6-9-27-10-7-21/h2-3,12,16H,4-11,13-14H2,1H3,(H,24,25). The normalized spacial score (nSPS) is 20.4. The highest BCUT2D eigenvalue weighted by Crippen LogP contribution is 2.28. The average Bonchev–Trinajstić information content (AvgIpc) is 3.09. The first-order chi connectivity index (χ1) is 13.6. The third-order valence-electron chi connectivity index (χ3n) is 5.23. The van der Waals surface area contributed by atoms with Crippen LogP contribution in [0.4, 0.5) is 0 Å².